The van der Waals surface area contributed by atoms with Gasteiger partial charge in [0.25, 0.3) is 0 Å². The maximum absolute atomic E-state index is 12.3. The minimum Gasteiger partial charge on any atom is -0.392 e. The fraction of sp³-hybridized carbons (Fsp3) is 0.615. The molecule has 0 saturated heterocycles. The Labute approximate surface area is 122 Å². The van der Waals surface area contributed by atoms with Crippen LogP contribution < -0.4 is 11.1 Å². The zero-order chi connectivity index (χ0) is 13.9. The van der Waals surface area contributed by atoms with Gasteiger partial charge in [0.2, 0.25) is 5.91 Å². The summed E-state index contributed by atoms with van der Waals surface area (Å²) in [5.74, 6) is -0.00854. The van der Waals surface area contributed by atoms with E-state index in [2.05, 4.69) is 10.3 Å². The van der Waals surface area contributed by atoms with Crippen LogP contribution >= 0.6 is 23.6 Å². The third-order valence-corrected chi connectivity index (χ3v) is 5.07. The number of carbonyl (C=O) groups excluding carboxylic acids is 1. The molecule has 6 heteroatoms. The second-order valence-corrected chi connectivity index (χ2v) is 6.42. The summed E-state index contributed by atoms with van der Waals surface area (Å²) in [6.45, 7) is 2.56. The van der Waals surface area contributed by atoms with Crippen LogP contribution in [0.2, 0.25) is 0 Å². The summed E-state index contributed by atoms with van der Waals surface area (Å²) in [6.07, 6.45) is 4.37. The van der Waals surface area contributed by atoms with Crippen LogP contribution in [0.1, 0.15) is 36.4 Å². The van der Waals surface area contributed by atoms with E-state index in [0.717, 1.165) is 42.8 Å². The van der Waals surface area contributed by atoms with Crippen LogP contribution in [0.15, 0.2) is 5.38 Å². The molecule has 1 heterocycles. The Bertz CT molecular complexity index is 478. The van der Waals surface area contributed by atoms with E-state index < -0.39 is 5.41 Å². The second-order valence-electron chi connectivity index (χ2n) is 5.04. The highest BCUT2D eigenvalue weighted by Gasteiger charge is 2.43. The number of nitrogens with zero attached hydrogens (tertiary/aromatic N) is 1. The number of aryl methyl sites for hydroxylation is 1. The van der Waals surface area contributed by atoms with Gasteiger partial charge in [-0.15, -0.1) is 11.3 Å². The monoisotopic (exact) mass is 297 g/mol. The predicted molar refractivity (Wildman–Crippen MR) is 81.3 cm³/mol. The number of thiocarbonyl (C=S) groups is 1. The molecule has 104 valence electrons. The van der Waals surface area contributed by atoms with Crippen molar-refractivity contribution in [3.05, 3.63) is 16.1 Å². The van der Waals surface area contributed by atoms with Gasteiger partial charge in [-0.05, 0) is 19.8 Å². The van der Waals surface area contributed by atoms with Gasteiger partial charge in [-0.1, -0.05) is 25.1 Å². The van der Waals surface area contributed by atoms with Crippen molar-refractivity contribution in [3.63, 3.8) is 0 Å². The third kappa shape index (κ3) is 3.12. The molecule has 1 aromatic rings. The van der Waals surface area contributed by atoms with Crippen LogP contribution in [0.5, 0.6) is 0 Å². The summed E-state index contributed by atoms with van der Waals surface area (Å²) >= 11 is 6.72. The number of hydrogen-bond donors (Lipinski definition) is 2. The molecule has 1 aliphatic carbocycles. The minimum absolute atomic E-state index is 0.00854. The van der Waals surface area contributed by atoms with Crippen molar-refractivity contribution in [2.75, 3.05) is 6.54 Å². The molecule has 2 rings (SSSR count). The molecule has 0 aliphatic heterocycles. The normalized spacial score (nSPS) is 17.3. The zero-order valence-electron chi connectivity index (χ0n) is 11.1. The van der Waals surface area contributed by atoms with Crippen molar-refractivity contribution >= 4 is 34.5 Å². The average Bonchev–Trinajstić information content (AvgIpc) is 2.98. The molecule has 0 aromatic carbocycles. The van der Waals surface area contributed by atoms with Crippen LogP contribution in [0.4, 0.5) is 0 Å². The van der Waals surface area contributed by atoms with E-state index in [9.17, 15) is 4.79 Å². The van der Waals surface area contributed by atoms with Gasteiger partial charge in [0.1, 0.15) is 0 Å². The lowest BCUT2D eigenvalue weighted by Gasteiger charge is -2.26. The van der Waals surface area contributed by atoms with E-state index >= 15 is 0 Å². The van der Waals surface area contributed by atoms with Crippen LogP contribution in [0, 0.1) is 12.3 Å². The number of hydrogen-bond acceptors (Lipinski definition) is 4. The Balaban J connectivity index is 1.88. The molecule has 19 heavy (non-hydrogen) atoms. The summed E-state index contributed by atoms with van der Waals surface area (Å²) in [7, 11) is 0. The van der Waals surface area contributed by atoms with E-state index in [-0.39, 0.29) is 5.91 Å². The van der Waals surface area contributed by atoms with Crippen LogP contribution in [0.25, 0.3) is 0 Å². The SMILES string of the molecule is Cc1csc(CCNC(=O)C2(C(N)=S)CCCC2)n1. The Hall–Kier alpha value is -1.01. The van der Waals surface area contributed by atoms with Gasteiger partial charge in [0.15, 0.2) is 0 Å². The van der Waals surface area contributed by atoms with Crippen LogP contribution in [-0.2, 0) is 11.2 Å². The second kappa shape index (κ2) is 5.96. The molecule has 1 fully saturated rings. The van der Waals surface area contributed by atoms with Gasteiger partial charge in [0.05, 0.1) is 15.4 Å². The lowest BCUT2D eigenvalue weighted by molar-refractivity contribution is -0.127. The van der Waals surface area contributed by atoms with Gasteiger partial charge < -0.3 is 11.1 Å². The number of rotatable bonds is 5. The fourth-order valence-electron chi connectivity index (χ4n) is 2.53. The lowest BCUT2D eigenvalue weighted by Crippen LogP contribution is -2.47. The van der Waals surface area contributed by atoms with Gasteiger partial charge >= 0.3 is 0 Å². The molecule has 3 N–H and O–H groups in total. The highest BCUT2D eigenvalue weighted by Crippen LogP contribution is 2.38. The summed E-state index contributed by atoms with van der Waals surface area (Å²) in [5.41, 5.74) is 6.21. The number of aromatic nitrogens is 1. The van der Waals surface area contributed by atoms with Crippen molar-refractivity contribution in [1.29, 1.82) is 0 Å². The molecular weight excluding hydrogens is 278 g/mol. The van der Waals surface area contributed by atoms with E-state index in [1.165, 1.54) is 0 Å². The maximum Gasteiger partial charge on any atom is 0.233 e. The molecular formula is C13H19N3OS2. The molecule has 1 aromatic heterocycles. The smallest absolute Gasteiger partial charge is 0.233 e. The molecule has 1 amide bonds. The average molecular weight is 297 g/mol. The topological polar surface area (TPSA) is 68.0 Å². The predicted octanol–water partition coefficient (Wildman–Crippen LogP) is 1.96. The largest absolute Gasteiger partial charge is 0.392 e. The first-order valence-corrected chi connectivity index (χ1v) is 7.82. The minimum atomic E-state index is -0.603. The highest BCUT2D eigenvalue weighted by molar-refractivity contribution is 7.80. The molecule has 1 saturated carbocycles. The molecule has 0 unspecified atom stereocenters. The van der Waals surface area contributed by atoms with E-state index in [0.29, 0.717) is 11.5 Å². The summed E-state index contributed by atoms with van der Waals surface area (Å²) < 4.78 is 0. The number of nitrogens with one attached hydrogen (secondary N) is 1. The van der Waals surface area contributed by atoms with Crippen molar-refractivity contribution in [3.8, 4) is 0 Å². The molecule has 0 spiro atoms. The van der Waals surface area contributed by atoms with E-state index in [1.807, 2.05) is 12.3 Å². The Kier molecular flexibility index (Phi) is 4.52. The van der Waals surface area contributed by atoms with E-state index in [4.69, 9.17) is 18.0 Å². The molecule has 1 aliphatic rings. The molecule has 0 bridgehead atoms. The number of thiazole rings is 1. The zero-order valence-corrected chi connectivity index (χ0v) is 12.7. The van der Waals surface area contributed by atoms with Crippen molar-refractivity contribution in [2.24, 2.45) is 11.1 Å². The highest BCUT2D eigenvalue weighted by atomic mass is 32.1. The maximum atomic E-state index is 12.3. The van der Waals surface area contributed by atoms with Gasteiger partial charge in [0, 0.05) is 24.0 Å². The summed E-state index contributed by atoms with van der Waals surface area (Å²) in [6, 6.07) is 0. The van der Waals surface area contributed by atoms with Gasteiger partial charge in [-0.25, -0.2) is 4.98 Å². The van der Waals surface area contributed by atoms with Crippen LogP contribution in [0.3, 0.4) is 0 Å². The Morgan fingerprint density at radius 3 is 2.79 bits per heavy atom. The van der Waals surface area contributed by atoms with Crippen molar-refractivity contribution in [1.82, 2.24) is 10.3 Å². The van der Waals surface area contributed by atoms with Gasteiger partial charge in [-0.2, -0.15) is 0 Å². The standard InChI is InChI=1S/C13H19N3OS2/c1-9-8-19-10(16-9)4-7-15-12(17)13(11(14)18)5-2-3-6-13/h8H,2-7H2,1H3,(H2,14,18)(H,15,17). The van der Waals surface area contributed by atoms with Crippen molar-refractivity contribution in [2.45, 2.75) is 39.0 Å². The van der Waals surface area contributed by atoms with E-state index in [1.54, 1.807) is 11.3 Å². The quantitative estimate of drug-likeness (QED) is 0.815. The molecule has 4 nitrogen and oxygen atoms in total. The summed E-state index contributed by atoms with van der Waals surface area (Å²) in [4.78, 5) is 17.0. The first-order chi connectivity index (χ1) is 9.04. The summed E-state index contributed by atoms with van der Waals surface area (Å²) in [5, 5.41) is 6.03. The van der Waals surface area contributed by atoms with Gasteiger partial charge in [-0.3, -0.25) is 4.79 Å². The number of nitrogens with two attached hydrogens (primary N) is 1. The Morgan fingerprint density at radius 2 is 2.26 bits per heavy atom. The first-order valence-electron chi connectivity index (χ1n) is 6.54. The number of carbonyl (C=O) groups is 1. The van der Waals surface area contributed by atoms with Crippen LogP contribution in [-0.4, -0.2) is 22.4 Å². The fourth-order valence-corrected chi connectivity index (χ4v) is 3.61. The van der Waals surface area contributed by atoms with Crippen molar-refractivity contribution < 1.29 is 4.79 Å². The molecule has 0 radical (unpaired) electrons. The molecule has 0 atom stereocenters. The third-order valence-electron chi connectivity index (χ3n) is 3.65. The number of amides is 1. The first kappa shape index (κ1) is 14.4. The Morgan fingerprint density at radius 1 is 1.58 bits per heavy atom. The lowest BCUT2D eigenvalue weighted by atomic mass is 9.85.